The van der Waals surface area contributed by atoms with Crippen LogP contribution in [0.2, 0.25) is 0 Å². The highest BCUT2D eigenvalue weighted by molar-refractivity contribution is 5.72. The molecule has 208 valence electrons. The third-order valence-electron chi connectivity index (χ3n) is 8.15. The molecule has 1 aliphatic rings. The number of hydrogen-bond donors (Lipinski definition) is 0. The molecule has 0 atom stereocenters. The lowest BCUT2D eigenvalue weighted by molar-refractivity contribution is -0.145. The highest BCUT2D eigenvalue weighted by Crippen LogP contribution is 2.47. The second-order valence-electron chi connectivity index (χ2n) is 11.8. The van der Waals surface area contributed by atoms with Crippen LogP contribution in [0.1, 0.15) is 84.3 Å². The molecule has 0 spiro atoms. The van der Waals surface area contributed by atoms with Crippen LogP contribution in [0.15, 0.2) is 66.7 Å². The molecular formula is C35H44O4. The minimum absolute atomic E-state index is 0.0621. The van der Waals surface area contributed by atoms with Gasteiger partial charge < -0.3 is 14.2 Å². The Balaban J connectivity index is 1.53. The molecule has 0 saturated heterocycles. The number of carbonyl (C=O) groups is 1. The van der Waals surface area contributed by atoms with E-state index in [0.29, 0.717) is 29.8 Å². The van der Waals surface area contributed by atoms with Crippen LogP contribution in [0.25, 0.3) is 11.1 Å². The molecule has 1 fully saturated rings. The standard InChI is InChI=1S/C35H44O4/c1-7-24(8-2)28-20-29(21-28)26-12-10-25(11-13-26)27-14-19-32(38-23-34(36)37-9-3)33(22-27)39-31-17-15-30(16-18-31)35(4,5)6/h10-19,22,24,28-29H,7-9,20-21,23H2,1-6H3. The Morgan fingerprint density at radius 3 is 2.08 bits per heavy atom. The van der Waals surface area contributed by atoms with Crippen molar-refractivity contribution >= 4 is 5.97 Å². The normalized spacial score (nSPS) is 17.0. The van der Waals surface area contributed by atoms with Gasteiger partial charge in [-0.25, -0.2) is 4.79 Å². The number of esters is 1. The van der Waals surface area contributed by atoms with Crippen molar-refractivity contribution < 1.29 is 19.0 Å². The van der Waals surface area contributed by atoms with Gasteiger partial charge in [0.15, 0.2) is 18.1 Å². The fraction of sp³-hybridized carbons (Fsp3) is 0.457. The minimum Gasteiger partial charge on any atom is -0.478 e. The summed E-state index contributed by atoms with van der Waals surface area (Å²) >= 11 is 0. The van der Waals surface area contributed by atoms with Crippen LogP contribution in [-0.2, 0) is 14.9 Å². The van der Waals surface area contributed by atoms with Crippen LogP contribution in [0.5, 0.6) is 17.2 Å². The van der Waals surface area contributed by atoms with Gasteiger partial charge in [-0.2, -0.15) is 0 Å². The molecule has 39 heavy (non-hydrogen) atoms. The Morgan fingerprint density at radius 1 is 0.846 bits per heavy atom. The lowest BCUT2D eigenvalue weighted by Crippen LogP contribution is -2.28. The highest BCUT2D eigenvalue weighted by Gasteiger charge is 2.34. The largest absolute Gasteiger partial charge is 0.478 e. The molecule has 3 aromatic carbocycles. The topological polar surface area (TPSA) is 44.8 Å². The van der Waals surface area contributed by atoms with Crippen molar-refractivity contribution in [3.05, 3.63) is 77.9 Å². The smallest absolute Gasteiger partial charge is 0.344 e. The van der Waals surface area contributed by atoms with Gasteiger partial charge in [-0.15, -0.1) is 0 Å². The van der Waals surface area contributed by atoms with Crippen molar-refractivity contribution in [2.45, 2.75) is 78.6 Å². The fourth-order valence-electron chi connectivity index (χ4n) is 5.60. The Bertz CT molecular complexity index is 1210. The lowest BCUT2D eigenvalue weighted by atomic mass is 9.65. The molecular weight excluding hydrogens is 484 g/mol. The van der Waals surface area contributed by atoms with Crippen molar-refractivity contribution in [2.75, 3.05) is 13.2 Å². The summed E-state index contributed by atoms with van der Waals surface area (Å²) in [4.78, 5) is 11.9. The van der Waals surface area contributed by atoms with E-state index in [2.05, 4.69) is 71.0 Å². The van der Waals surface area contributed by atoms with Gasteiger partial charge >= 0.3 is 5.97 Å². The summed E-state index contributed by atoms with van der Waals surface area (Å²) in [5.41, 5.74) is 4.90. The first-order valence-electron chi connectivity index (χ1n) is 14.5. The third kappa shape index (κ3) is 7.23. The number of rotatable bonds is 11. The predicted molar refractivity (Wildman–Crippen MR) is 159 cm³/mol. The van der Waals surface area contributed by atoms with Gasteiger partial charge in [0.1, 0.15) is 5.75 Å². The van der Waals surface area contributed by atoms with Crippen LogP contribution in [0, 0.1) is 11.8 Å². The summed E-state index contributed by atoms with van der Waals surface area (Å²) in [7, 11) is 0. The molecule has 0 aliphatic heterocycles. The molecule has 1 saturated carbocycles. The van der Waals surface area contributed by atoms with E-state index in [0.717, 1.165) is 23.0 Å². The van der Waals surface area contributed by atoms with E-state index in [1.54, 1.807) is 6.92 Å². The molecule has 0 heterocycles. The van der Waals surface area contributed by atoms with Crippen molar-refractivity contribution in [3.8, 4) is 28.4 Å². The van der Waals surface area contributed by atoms with Crippen LogP contribution < -0.4 is 9.47 Å². The zero-order valence-electron chi connectivity index (χ0n) is 24.5. The van der Waals surface area contributed by atoms with E-state index < -0.39 is 5.97 Å². The molecule has 0 amide bonds. The molecule has 4 heteroatoms. The monoisotopic (exact) mass is 528 g/mol. The quantitative estimate of drug-likeness (QED) is 0.233. The molecule has 1 aliphatic carbocycles. The molecule has 4 nitrogen and oxygen atoms in total. The first kappa shape index (κ1) is 28.7. The Morgan fingerprint density at radius 2 is 1.49 bits per heavy atom. The van der Waals surface area contributed by atoms with Gasteiger partial charge in [-0.1, -0.05) is 89.9 Å². The van der Waals surface area contributed by atoms with Gasteiger partial charge in [-0.05, 0) is 89.5 Å². The Labute approximate surface area is 234 Å². The van der Waals surface area contributed by atoms with Crippen molar-refractivity contribution in [3.63, 3.8) is 0 Å². The average Bonchev–Trinajstić information content (AvgIpc) is 2.90. The number of ether oxygens (including phenoxy) is 3. The maximum Gasteiger partial charge on any atom is 0.344 e. The Hall–Kier alpha value is -3.27. The van der Waals surface area contributed by atoms with Crippen molar-refractivity contribution in [1.29, 1.82) is 0 Å². The van der Waals surface area contributed by atoms with Crippen molar-refractivity contribution in [2.24, 2.45) is 11.8 Å². The maximum absolute atomic E-state index is 11.9. The molecule has 0 bridgehead atoms. The van der Waals surface area contributed by atoms with Crippen LogP contribution in [0.4, 0.5) is 0 Å². The molecule has 0 N–H and O–H groups in total. The summed E-state index contributed by atoms with van der Waals surface area (Å²) in [5, 5.41) is 0. The zero-order valence-corrected chi connectivity index (χ0v) is 24.5. The summed E-state index contributed by atoms with van der Waals surface area (Å²) in [5.74, 6) is 3.81. The van der Waals surface area contributed by atoms with Crippen LogP contribution >= 0.6 is 0 Å². The van der Waals surface area contributed by atoms with Gasteiger partial charge in [0.05, 0.1) is 6.61 Å². The number of benzene rings is 3. The fourth-order valence-corrected chi connectivity index (χ4v) is 5.60. The third-order valence-corrected chi connectivity index (χ3v) is 8.15. The van der Waals surface area contributed by atoms with E-state index in [1.807, 2.05) is 30.3 Å². The molecule has 0 aromatic heterocycles. The predicted octanol–water partition coefficient (Wildman–Crippen LogP) is 9.32. The minimum atomic E-state index is -0.403. The maximum atomic E-state index is 11.9. The average molecular weight is 529 g/mol. The van der Waals surface area contributed by atoms with Crippen LogP contribution in [-0.4, -0.2) is 19.2 Å². The highest BCUT2D eigenvalue weighted by atomic mass is 16.6. The van der Waals surface area contributed by atoms with E-state index >= 15 is 0 Å². The first-order chi connectivity index (χ1) is 18.7. The van der Waals surface area contributed by atoms with E-state index in [1.165, 1.54) is 36.8 Å². The summed E-state index contributed by atoms with van der Waals surface area (Å²) < 4.78 is 17.1. The van der Waals surface area contributed by atoms with Gasteiger partial charge in [-0.3, -0.25) is 0 Å². The van der Waals surface area contributed by atoms with Crippen LogP contribution in [0.3, 0.4) is 0 Å². The van der Waals surface area contributed by atoms with Gasteiger partial charge in [0.25, 0.3) is 0 Å². The van der Waals surface area contributed by atoms with Crippen molar-refractivity contribution in [1.82, 2.24) is 0 Å². The first-order valence-corrected chi connectivity index (χ1v) is 14.5. The lowest BCUT2D eigenvalue weighted by Gasteiger charge is -2.40. The van der Waals surface area contributed by atoms with E-state index in [-0.39, 0.29) is 12.0 Å². The zero-order chi connectivity index (χ0) is 28.0. The summed E-state index contributed by atoms with van der Waals surface area (Å²) in [6.45, 7) is 13.1. The summed E-state index contributed by atoms with van der Waals surface area (Å²) in [6.07, 6.45) is 5.20. The molecule has 4 rings (SSSR count). The molecule has 0 unspecified atom stereocenters. The van der Waals surface area contributed by atoms with E-state index in [4.69, 9.17) is 14.2 Å². The second kappa shape index (κ2) is 12.7. The summed E-state index contributed by atoms with van der Waals surface area (Å²) in [6, 6.07) is 23.0. The number of hydrogen-bond acceptors (Lipinski definition) is 4. The van der Waals surface area contributed by atoms with E-state index in [9.17, 15) is 4.79 Å². The van der Waals surface area contributed by atoms with Gasteiger partial charge in [0.2, 0.25) is 0 Å². The SMILES string of the molecule is CCOC(=O)COc1ccc(-c2ccc(C3CC(C(CC)CC)C3)cc2)cc1Oc1ccc(C(C)(C)C)cc1. The van der Waals surface area contributed by atoms with Gasteiger partial charge in [0, 0.05) is 0 Å². The number of carbonyl (C=O) groups excluding carboxylic acids is 1. The second-order valence-corrected chi connectivity index (χ2v) is 11.8. The molecule has 0 radical (unpaired) electrons. The Kier molecular flexibility index (Phi) is 9.37. The molecule has 3 aromatic rings.